The smallest absolute Gasteiger partial charge is 0.0684 e. The van der Waals surface area contributed by atoms with E-state index in [0.717, 1.165) is 16.7 Å². The van der Waals surface area contributed by atoms with Crippen LogP contribution in [0.3, 0.4) is 0 Å². The summed E-state index contributed by atoms with van der Waals surface area (Å²) in [4.78, 5) is 0. The van der Waals surface area contributed by atoms with Crippen molar-refractivity contribution in [2.45, 2.75) is 13.5 Å². The Labute approximate surface area is 85.0 Å². The molecule has 2 N–H and O–H groups in total. The zero-order valence-corrected chi connectivity index (χ0v) is 8.59. The number of hydrogen-bond donors (Lipinski definition) is 2. The number of benzene rings is 1. The molecule has 2 heteroatoms. The second-order valence-corrected chi connectivity index (χ2v) is 3.13. The predicted molar refractivity (Wildman–Crippen MR) is 57.9 cm³/mol. The van der Waals surface area contributed by atoms with Crippen molar-refractivity contribution in [1.29, 1.82) is 0 Å². The molecule has 0 spiro atoms. The summed E-state index contributed by atoms with van der Waals surface area (Å²) in [6.07, 6.45) is 0. The van der Waals surface area contributed by atoms with Crippen LogP contribution in [0.5, 0.6) is 0 Å². The number of aliphatic hydroxyl groups excluding tert-OH is 1. The van der Waals surface area contributed by atoms with Gasteiger partial charge in [0, 0.05) is 5.56 Å². The van der Waals surface area contributed by atoms with Gasteiger partial charge >= 0.3 is 0 Å². The highest BCUT2D eigenvalue weighted by Gasteiger charge is 1.96. The van der Waals surface area contributed by atoms with Crippen LogP contribution >= 0.6 is 0 Å². The fourth-order valence-electron chi connectivity index (χ4n) is 1.15. The topological polar surface area (TPSA) is 32.3 Å². The van der Waals surface area contributed by atoms with Gasteiger partial charge in [0.25, 0.3) is 0 Å². The summed E-state index contributed by atoms with van der Waals surface area (Å²) in [6, 6.07) is 5.88. The van der Waals surface area contributed by atoms with Gasteiger partial charge in [-0.05, 0) is 37.2 Å². The van der Waals surface area contributed by atoms with Gasteiger partial charge < -0.3 is 10.4 Å². The molecule has 14 heavy (non-hydrogen) atoms. The third-order valence-electron chi connectivity index (χ3n) is 2.02. The van der Waals surface area contributed by atoms with Crippen molar-refractivity contribution >= 4 is 0 Å². The largest absolute Gasteiger partial charge is 0.392 e. The molecule has 0 fully saturated rings. The van der Waals surface area contributed by atoms with Crippen LogP contribution in [-0.4, -0.2) is 18.7 Å². The van der Waals surface area contributed by atoms with Gasteiger partial charge in [0.1, 0.15) is 0 Å². The molecule has 0 radical (unpaired) electrons. The first kappa shape index (κ1) is 10.8. The summed E-state index contributed by atoms with van der Waals surface area (Å²) < 4.78 is 0. The monoisotopic (exact) mass is 189 g/mol. The minimum atomic E-state index is 0.0768. The van der Waals surface area contributed by atoms with Crippen LogP contribution in [0.2, 0.25) is 0 Å². The molecule has 0 aliphatic heterocycles. The third kappa shape index (κ3) is 2.88. The Morgan fingerprint density at radius 2 is 2.21 bits per heavy atom. The Kier molecular flexibility index (Phi) is 4.18. The minimum Gasteiger partial charge on any atom is -0.392 e. The van der Waals surface area contributed by atoms with E-state index in [1.54, 1.807) is 0 Å². The molecule has 74 valence electrons. The normalized spacial score (nSPS) is 9.36. The lowest BCUT2D eigenvalue weighted by Crippen LogP contribution is -2.04. The van der Waals surface area contributed by atoms with Crippen molar-refractivity contribution in [3.05, 3.63) is 34.9 Å². The lowest BCUT2D eigenvalue weighted by Gasteiger charge is -2.01. The number of nitrogens with one attached hydrogen (secondary N) is 1. The highest BCUT2D eigenvalue weighted by molar-refractivity contribution is 5.40. The molecule has 0 unspecified atom stereocenters. The molecule has 0 aliphatic rings. The average Bonchev–Trinajstić information content (AvgIpc) is 2.21. The number of rotatable bonds is 2. The van der Waals surface area contributed by atoms with Crippen molar-refractivity contribution in [3.63, 3.8) is 0 Å². The number of aryl methyl sites for hydroxylation is 1. The van der Waals surface area contributed by atoms with Crippen LogP contribution in [0.1, 0.15) is 16.7 Å². The van der Waals surface area contributed by atoms with Crippen molar-refractivity contribution in [3.8, 4) is 11.8 Å². The Morgan fingerprint density at radius 1 is 1.43 bits per heavy atom. The summed E-state index contributed by atoms with van der Waals surface area (Å²) in [5.41, 5.74) is 3.00. The first-order chi connectivity index (χ1) is 6.77. The van der Waals surface area contributed by atoms with Crippen LogP contribution in [0.4, 0.5) is 0 Å². The van der Waals surface area contributed by atoms with Gasteiger partial charge in [-0.2, -0.15) is 0 Å². The van der Waals surface area contributed by atoms with E-state index in [1.807, 2.05) is 32.2 Å². The fourth-order valence-corrected chi connectivity index (χ4v) is 1.15. The van der Waals surface area contributed by atoms with Crippen LogP contribution in [0, 0.1) is 18.8 Å². The Balaban J connectivity index is 2.86. The van der Waals surface area contributed by atoms with E-state index in [2.05, 4.69) is 17.2 Å². The standard InChI is InChI=1S/C12H15NO/c1-10-5-6-11(4-3-7-13-2)8-12(10)9-14/h5-6,8,13-14H,7,9H2,1-2H3. The second-order valence-electron chi connectivity index (χ2n) is 3.13. The molecule has 1 aromatic carbocycles. The van der Waals surface area contributed by atoms with Gasteiger partial charge in [0.2, 0.25) is 0 Å². The van der Waals surface area contributed by atoms with Gasteiger partial charge in [0.15, 0.2) is 0 Å². The molecule has 0 aromatic heterocycles. The highest BCUT2D eigenvalue weighted by atomic mass is 16.3. The van der Waals surface area contributed by atoms with E-state index in [-0.39, 0.29) is 6.61 Å². The van der Waals surface area contributed by atoms with E-state index in [0.29, 0.717) is 6.54 Å². The van der Waals surface area contributed by atoms with E-state index in [1.165, 1.54) is 0 Å². The zero-order valence-electron chi connectivity index (χ0n) is 8.59. The summed E-state index contributed by atoms with van der Waals surface area (Å²) >= 11 is 0. The summed E-state index contributed by atoms with van der Waals surface area (Å²) in [5, 5.41) is 12.0. The second kappa shape index (κ2) is 5.43. The molecule has 0 amide bonds. The molecule has 0 aliphatic carbocycles. The van der Waals surface area contributed by atoms with Gasteiger partial charge in [-0.1, -0.05) is 17.9 Å². The molecule has 2 nitrogen and oxygen atoms in total. The number of hydrogen-bond acceptors (Lipinski definition) is 2. The Morgan fingerprint density at radius 3 is 2.86 bits per heavy atom. The summed E-state index contributed by atoms with van der Waals surface area (Å²) in [7, 11) is 1.86. The molecule has 0 atom stereocenters. The molecule has 0 heterocycles. The van der Waals surface area contributed by atoms with Crippen LogP contribution < -0.4 is 5.32 Å². The summed E-state index contributed by atoms with van der Waals surface area (Å²) in [5.74, 6) is 6.00. The van der Waals surface area contributed by atoms with Crippen LogP contribution in [0.15, 0.2) is 18.2 Å². The fraction of sp³-hybridized carbons (Fsp3) is 0.333. The SMILES string of the molecule is CNCC#Cc1ccc(C)c(CO)c1. The molecule has 0 saturated heterocycles. The quantitative estimate of drug-likeness (QED) is 0.682. The minimum absolute atomic E-state index is 0.0768. The Hall–Kier alpha value is -1.30. The predicted octanol–water partition coefficient (Wildman–Crippen LogP) is 1.06. The highest BCUT2D eigenvalue weighted by Crippen LogP contribution is 2.09. The van der Waals surface area contributed by atoms with E-state index < -0.39 is 0 Å². The van der Waals surface area contributed by atoms with Gasteiger partial charge in [0.05, 0.1) is 13.2 Å². The first-order valence-electron chi connectivity index (χ1n) is 4.61. The molecule has 1 rings (SSSR count). The maximum absolute atomic E-state index is 9.05. The van der Waals surface area contributed by atoms with Crippen molar-refractivity contribution in [2.24, 2.45) is 0 Å². The van der Waals surface area contributed by atoms with Crippen LogP contribution in [-0.2, 0) is 6.61 Å². The Bertz CT molecular complexity index is 360. The maximum Gasteiger partial charge on any atom is 0.0684 e. The lowest BCUT2D eigenvalue weighted by atomic mass is 10.1. The summed E-state index contributed by atoms with van der Waals surface area (Å²) in [6.45, 7) is 2.74. The van der Waals surface area contributed by atoms with Gasteiger partial charge in [-0.25, -0.2) is 0 Å². The van der Waals surface area contributed by atoms with E-state index in [9.17, 15) is 0 Å². The molecular formula is C12H15NO. The van der Waals surface area contributed by atoms with E-state index >= 15 is 0 Å². The van der Waals surface area contributed by atoms with Gasteiger partial charge in [-0.3, -0.25) is 0 Å². The lowest BCUT2D eigenvalue weighted by molar-refractivity contribution is 0.281. The molecule has 0 bridgehead atoms. The van der Waals surface area contributed by atoms with E-state index in [4.69, 9.17) is 5.11 Å². The van der Waals surface area contributed by atoms with Crippen molar-refractivity contribution < 1.29 is 5.11 Å². The average molecular weight is 189 g/mol. The number of aliphatic hydroxyl groups is 1. The van der Waals surface area contributed by atoms with Crippen LogP contribution in [0.25, 0.3) is 0 Å². The maximum atomic E-state index is 9.05. The molecule has 1 aromatic rings. The van der Waals surface area contributed by atoms with Crippen molar-refractivity contribution in [2.75, 3.05) is 13.6 Å². The third-order valence-corrected chi connectivity index (χ3v) is 2.02. The van der Waals surface area contributed by atoms with Crippen molar-refractivity contribution in [1.82, 2.24) is 5.32 Å². The first-order valence-corrected chi connectivity index (χ1v) is 4.61. The zero-order chi connectivity index (χ0) is 10.4. The molecule has 0 saturated carbocycles. The molecular weight excluding hydrogens is 174 g/mol. The van der Waals surface area contributed by atoms with Gasteiger partial charge in [-0.15, -0.1) is 0 Å².